The summed E-state index contributed by atoms with van der Waals surface area (Å²) in [4.78, 5) is 0. The van der Waals surface area contributed by atoms with E-state index in [-0.39, 0.29) is 0 Å². The maximum atomic E-state index is 5.57. The minimum absolute atomic E-state index is 0.830. The number of nitrogens with two attached hydrogens (primary N) is 1. The summed E-state index contributed by atoms with van der Waals surface area (Å²) in [6.45, 7) is 7.90. The van der Waals surface area contributed by atoms with Crippen LogP contribution in [0.2, 0.25) is 0 Å². The Morgan fingerprint density at radius 2 is 1.24 bits per heavy atom. The molecule has 17 heavy (non-hydrogen) atoms. The zero-order valence-electron chi connectivity index (χ0n) is 12.5. The summed E-state index contributed by atoms with van der Waals surface area (Å²) in [5, 5.41) is 0. The minimum atomic E-state index is 0.830. The van der Waals surface area contributed by atoms with Crippen LogP contribution in [-0.4, -0.2) is 6.54 Å². The van der Waals surface area contributed by atoms with Gasteiger partial charge in [-0.25, -0.2) is 0 Å². The molecule has 2 atom stereocenters. The molecule has 0 aromatic heterocycles. The summed E-state index contributed by atoms with van der Waals surface area (Å²) in [5.41, 5.74) is 5.57. The van der Waals surface area contributed by atoms with Crippen molar-refractivity contribution in [3.05, 3.63) is 0 Å². The maximum absolute atomic E-state index is 5.57. The average Bonchev–Trinajstić information content (AvgIpc) is 2.29. The van der Waals surface area contributed by atoms with Crippen LogP contribution in [0.4, 0.5) is 0 Å². The van der Waals surface area contributed by atoms with Crippen molar-refractivity contribution >= 4 is 0 Å². The molecule has 0 saturated carbocycles. The Labute approximate surface area is 110 Å². The third kappa shape index (κ3) is 12.2. The normalized spacial score (nSPS) is 14.8. The molecule has 0 rings (SSSR count). The zero-order valence-corrected chi connectivity index (χ0v) is 12.5. The van der Waals surface area contributed by atoms with Crippen LogP contribution in [0.15, 0.2) is 0 Å². The van der Waals surface area contributed by atoms with Crippen molar-refractivity contribution in [1.29, 1.82) is 0 Å². The average molecular weight is 241 g/mol. The molecule has 2 unspecified atom stereocenters. The van der Waals surface area contributed by atoms with Crippen LogP contribution in [0.3, 0.4) is 0 Å². The second-order valence-electron chi connectivity index (χ2n) is 5.92. The summed E-state index contributed by atoms with van der Waals surface area (Å²) in [6, 6.07) is 0. The Hall–Kier alpha value is -0.0400. The first kappa shape index (κ1) is 17.0. The highest BCUT2D eigenvalue weighted by molar-refractivity contribution is 4.58. The molecule has 2 N–H and O–H groups in total. The van der Waals surface area contributed by atoms with Crippen molar-refractivity contribution in [2.75, 3.05) is 6.54 Å². The molecular formula is C16H35N. The Morgan fingerprint density at radius 1 is 0.706 bits per heavy atom. The van der Waals surface area contributed by atoms with E-state index >= 15 is 0 Å². The fraction of sp³-hybridized carbons (Fsp3) is 1.00. The number of hydrogen-bond acceptors (Lipinski definition) is 1. The number of hydrogen-bond donors (Lipinski definition) is 1. The van der Waals surface area contributed by atoms with Gasteiger partial charge in [-0.3, -0.25) is 0 Å². The van der Waals surface area contributed by atoms with Gasteiger partial charge in [-0.05, 0) is 24.8 Å². The summed E-state index contributed by atoms with van der Waals surface area (Å²) in [5.74, 6) is 1.76. The Bertz CT molecular complexity index is 144. The molecule has 0 aliphatic rings. The molecule has 0 fully saturated rings. The van der Waals surface area contributed by atoms with Crippen LogP contribution in [0, 0.1) is 11.8 Å². The van der Waals surface area contributed by atoms with E-state index in [1.165, 1.54) is 64.2 Å². The topological polar surface area (TPSA) is 26.0 Å². The second kappa shape index (κ2) is 12.4. The largest absolute Gasteiger partial charge is 0.330 e. The van der Waals surface area contributed by atoms with Gasteiger partial charge in [-0.1, -0.05) is 78.6 Å². The van der Waals surface area contributed by atoms with Crippen LogP contribution in [0.25, 0.3) is 0 Å². The highest BCUT2D eigenvalue weighted by Gasteiger charge is 2.04. The maximum Gasteiger partial charge on any atom is -0.00747 e. The lowest BCUT2D eigenvalue weighted by molar-refractivity contribution is 0.402. The highest BCUT2D eigenvalue weighted by Crippen LogP contribution is 2.19. The molecule has 0 heterocycles. The summed E-state index contributed by atoms with van der Waals surface area (Å²) >= 11 is 0. The van der Waals surface area contributed by atoms with Crippen LogP contribution < -0.4 is 5.73 Å². The molecule has 1 nitrogen and oxygen atoms in total. The lowest BCUT2D eigenvalue weighted by Crippen LogP contribution is -2.06. The van der Waals surface area contributed by atoms with Crippen molar-refractivity contribution in [1.82, 2.24) is 0 Å². The van der Waals surface area contributed by atoms with Crippen molar-refractivity contribution in [3.63, 3.8) is 0 Å². The first-order chi connectivity index (χ1) is 8.20. The first-order valence-corrected chi connectivity index (χ1v) is 7.90. The van der Waals surface area contributed by atoms with Crippen LogP contribution in [0.1, 0.15) is 85.0 Å². The lowest BCUT2D eigenvalue weighted by Gasteiger charge is -2.13. The van der Waals surface area contributed by atoms with Gasteiger partial charge in [0.15, 0.2) is 0 Å². The van der Waals surface area contributed by atoms with Gasteiger partial charge >= 0.3 is 0 Å². The van der Waals surface area contributed by atoms with Crippen LogP contribution in [0.5, 0.6) is 0 Å². The predicted molar refractivity (Wildman–Crippen MR) is 79.2 cm³/mol. The fourth-order valence-electron chi connectivity index (χ4n) is 2.48. The molecule has 0 aliphatic heterocycles. The van der Waals surface area contributed by atoms with E-state index in [0.717, 1.165) is 18.4 Å². The van der Waals surface area contributed by atoms with Gasteiger partial charge in [-0.2, -0.15) is 0 Å². The lowest BCUT2D eigenvalue weighted by atomic mass is 9.93. The second-order valence-corrected chi connectivity index (χ2v) is 5.92. The Kier molecular flexibility index (Phi) is 12.4. The highest BCUT2D eigenvalue weighted by atomic mass is 14.5. The molecular weight excluding hydrogens is 206 g/mol. The van der Waals surface area contributed by atoms with E-state index in [2.05, 4.69) is 20.8 Å². The van der Waals surface area contributed by atoms with Gasteiger partial charge in [-0.15, -0.1) is 0 Å². The van der Waals surface area contributed by atoms with E-state index in [0.29, 0.717) is 0 Å². The fourth-order valence-corrected chi connectivity index (χ4v) is 2.48. The van der Waals surface area contributed by atoms with Crippen LogP contribution >= 0.6 is 0 Å². The first-order valence-electron chi connectivity index (χ1n) is 7.90. The standard InChI is InChI=1S/C16H35N/c1-4-5-6-7-8-10-15(2)11-9-12-16(3)13-14-17/h15-16H,4-14,17H2,1-3H3. The van der Waals surface area contributed by atoms with Gasteiger partial charge < -0.3 is 5.73 Å². The third-order valence-corrected chi connectivity index (χ3v) is 3.85. The molecule has 0 spiro atoms. The monoisotopic (exact) mass is 241 g/mol. The molecule has 0 radical (unpaired) electrons. The van der Waals surface area contributed by atoms with E-state index in [1.807, 2.05) is 0 Å². The van der Waals surface area contributed by atoms with Gasteiger partial charge in [0.1, 0.15) is 0 Å². The SMILES string of the molecule is CCCCCCCC(C)CCCC(C)CCN. The molecule has 0 aromatic carbocycles. The van der Waals surface area contributed by atoms with E-state index in [9.17, 15) is 0 Å². The molecule has 0 aliphatic carbocycles. The summed E-state index contributed by atoms with van der Waals surface area (Å²) in [7, 11) is 0. The van der Waals surface area contributed by atoms with Crippen molar-refractivity contribution in [2.45, 2.75) is 85.0 Å². The number of rotatable bonds is 12. The molecule has 0 aromatic rings. The predicted octanol–water partition coefficient (Wildman–Crippen LogP) is 5.14. The zero-order chi connectivity index (χ0) is 12.9. The molecule has 1 heteroatoms. The van der Waals surface area contributed by atoms with Crippen LogP contribution in [-0.2, 0) is 0 Å². The van der Waals surface area contributed by atoms with Crippen molar-refractivity contribution in [2.24, 2.45) is 17.6 Å². The molecule has 0 amide bonds. The van der Waals surface area contributed by atoms with E-state index < -0.39 is 0 Å². The molecule has 104 valence electrons. The van der Waals surface area contributed by atoms with Gasteiger partial charge in [0.2, 0.25) is 0 Å². The van der Waals surface area contributed by atoms with Gasteiger partial charge in [0.05, 0.1) is 0 Å². The number of unbranched alkanes of at least 4 members (excludes halogenated alkanes) is 4. The van der Waals surface area contributed by atoms with Gasteiger partial charge in [0.25, 0.3) is 0 Å². The van der Waals surface area contributed by atoms with E-state index in [4.69, 9.17) is 5.73 Å². The quantitative estimate of drug-likeness (QED) is 0.470. The Balaban J connectivity index is 3.25. The van der Waals surface area contributed by atoms with Crippen molar-refractivity contribution in [3.8, 4) is 0 Å². The summed E-state index contributed by atoms with van der Waals surface area (Å²) in [6.07, 6.45) is 13.9. The van der Waals surface area contributed by atoms with Crippen molar-refractivity contribution < 1.29 is 0 Å². The third-order valence-electron chi connectivity index (χ3n) is 3.85. The van der Waals surface area contributed by atoms with E-state index in [1.54, 1.807) is 0 Å². The smallest absolute Gasteiger partial charge is 0.00747 e. The molecule has 0 saturated heterocycles. The minimum Gasteiger partial charge on any atom is -0.330 e. The Morgan fingerprint density at radius 3 is 1.82 bits per heavy atom. The molecule has 0 bridgehead atoms. The van der Waals surface area contributed by atoms with Gasteiger partial charge in [0, 0.05) is 0 Å². The summed E-state index contributed by atoms with van der Waals surface area (Å²) < 4.78 is 0.